The van der Waals surface area contributed by atoms with Gasteiger partial charge in [0.15, 0.2) is 5.82 Å². The Bertz CT molecular complexity index is 321. The van der Waals surface area contributed by atoms with E-state index in [9.17, 15) is 0 Å². The number of ether oxygens (including phenoxy) is 1. The maximum atomic E-state index is 5.31. The molecule has 0 aliphatic carbocycles. The van der Waals surface area contributed by atoms with Gasteiger partial charge in [-0.25, -0.2) is 0 Å². The van der Waals surface area contributed by atoms with Gasteiger partial charge in [0.1, 0.15) is 0 Å². The molecule has 1 aromatic rings. The van der Waals surface area contributed by atoms with E-state index in [1.54, 1.807) is 0 Å². The van der Waals surface area contributed by atoms with Gasteiger partial charge in [0.25, 0.3) is 0 Å². The maximum Gasteiger partial charge on any atom is 0.228 e. The smallest absolute Gasteiger partial charge is 0.228 e. The third kappa shape index (κ3) is 2.80. The predicted molar refractivity (Wildman–Crippen MR) is 59.3 cm³/mol. The second-order valence-electron chi connectivity index (χ2n) is 4.33. The van der Waals surface area contributed by atoms with E-state index in [4.69, 9.17) is 9.26 Å². The third-order valence-corrected chi connectivity index (χ3v) is 3.04. The van der Waals surface area contributed by atoms with Gasteiger partial charge < -0.3 is 14.6 Å². The van der Waals surface area contributed by atoms with Crippen LogP contribution in [0.5, 0.6) is 0 Å². The van der Waals surface area contributed by atoms with Crippen LogP contribution in [-0.4, -0.2) is 36.4 Å². The Morgan fingerprint density at radius 2 is 2.19 bits per heavy atom. The van der Waals surface area contributed by atoms with Crippen LogP contribution in [0, 0.1) is 0 Å². The van der Waals surface area contributed by atoms with Crippen molar-refractivity contribution in [1.82, 2.24) is 15.5 Å². The van der Waals surface area contributed by atoms with Crippen molar-refractivity contribution in [3.05, 3.63) is 11.7 Å². The summed E-state index contributed by atoms with van der Waals surface area (Å²) < 4.78 is 10.6. The molecule has 5 heteroatoms. The fourth-order valence-corrected chi connectivity index (χ4v) is 1.84. The highest BCUT2D eigenvalue weighted by Crippen LogP contribution is 2.24. The van der Waals surface area contributed by atoms with E-state index >= 15 is 0 Å². The van der Waals surface area contributed by atoms with Crippen LogP contribution in [0.4, 0.5) is 0 Å². The van der Waals surface area contributed by atoms with Crippen molar-refractivity contribution < 1.29 is 9.26 Å². The first kappa shape index (κ1) is 11.5. The lowest BCUT2D eigenvalue weighted by Gasteiger charge is -2.18. The molecule has 1 atom stereocenters. The molecular weight excluding hydrogens is 206 g/mol. The third-order valence-electron chi connectivity index (χ3n) is 3.04. The molecule has 1 unspecified atom stereocenters. The molecule has 1 aromatic heterocycles. The van der Waals surface area contributed by atoms with Crippen LogP contribution in [0.1, 0.15) is 37.4 Å². The molecule has 5 nitrogen and oxygen atoms in total. The zero-order chi connectivity index (χ0) is 11.4. The molecule has 1 N–H and O–H groups in total. The van der Waals surface area contributed by atoms with Crippen molar-refractivity contribution in [2.75, 3.05) is 20.3 Å². The zero-order valence-corrected chi connectivity index (χ0v) is 9.90. The number of nitrogens with zero attached hydrogens (tertiary/aromatic N) is 2. The zero-order valence-electron chi connectivity index (χ0n) is 9.90. The van der Waals surface area contributed by atoms with E-state index in [1.165, 1.54) is 0 Å². The fraction of sp³-hybridized carbons (Fsp3) is 0.818. The van der Waals surface area contributed by atoms with Gasteiger partial charge in [0.2, 0.25) is 5.89 Å². The van der Waals surface area contributed by atoms with E-state index in [0.29, 0.717) is 12.0 Å². The largest absolute Gasteiger partial charge is 0.381 e. The van der Waals surface area contributed by atoms with Gasteiger partial charge in [-0.15, -0.1) is 0 Å². The number of hydrogen-bond acceptors (Lipinski definition) is 5. The summed E-state index contributed by atoms with van der Waals surface area (Å²) in [6, 6.07) is 0.364. The summed E-state index contributed by atoms with van der Waals surface area (Å²) in [5, 5.41) is 7.21. The van der Waals surface area contributed by atoms with Crippen LogP contribution in [0.2, 0.25) is 0 Å². The molecule has 90 valence electrons. The first-order valence-electron chi connectivity index (χ1n) is 5.87. The Hall–Kier alpha value is -0.940. The first-order chi connectivity index (χ1) is 7.79. The summed E-state index contributed by atoms with van der Waals surface area (Å²) in [4.78, 5) is 4.45. The molecule has 1 saturated heterocycles. The highest BCUT2D eigenvalue weighted by Gasteiger charge is 2.21. The van der Waals surface area contributed by atoms with Crippen molar-refractivity contribution in [3.63, 3.8) is 0 Å². The lowest BCUT2D eigenvalue weighted by Crippen LogP contribution is -2.23. The van der Waals surface area contributed by atoms with E-state index < -0.39 is 0 Å². The lowest BCUT2D eigenvalue weighted by atomic mass is 10.00. The van der Waals surface area contributed by atoms with E-state index in [-0.39, 0.29) is 0 Å². The van der Waals surface area contributed by atoms with Crippen LogP contribution in [0.15, 0.2) is 4.52 Å². The number of hydrogen-bond donors (Lipinski definition) is 1. The van der Waals surface area contributed by atoms with E-state index in [2.05, 4.69) is 22.4 Å². The van der Waals surface area contributed by atoms with Crippen molar-refractivity contribution in [3.8, 4) is 0 Å². The average molecular weight is 225 g/mol. The van der Waals surface area contributed by atoms with Gasteiger partial charge in [0, 0.05) is 31.6 Å². The molecular formula is C11H19N3O2. The lowest BCUT2D eigenvalue weighted by molar-refractivity contribution is 0.0830. The number of likely N-dealkylation sites (N-methyl/N-ethyl adjacent to an activating group) is 1. The minimum atomic E-state index is 0.364. The quantitative estimate of drug-likeness (QED) is 0.832. The average Bonchev–Trinajstić information content (AvgIpc) is 2.78. The fourth-order valence-electron chi connectivity index (χ4n) is 1.84. The summed E-state index contributed by atoms with van der Waals surface area (Å²) in [6.45, 7) is 3.71. The minimum Gasteiger partial charge on any atom is -0.381 e. The standard InChI is InChI=1S/C11H19N3O2/c1-8(12-2)7-10-13-11(14-16-10)9-3-5-15-6-4-9/h8-9,12H,3-7H2,1-2H3. The topological polar surface area (TPSA) is 60.2 Å². The summed E-state index contributed by atoms with van der Waals surface area (Å²) in [5.41, 5.74) is 0. The van der Waals surface area contributed by atoms with Crippen molar-refractivity contribution >= 4 is 0 Å². The van der Waals surface area contributed by atoms with Crippen LogP contribution < -0.4 is 5.32 Å². The van der Waals surface area contributed by atoms with Crippen molar-refractivity contribution in [1.29, 1.82) is 0 Å². The maximum absolute atomic E-state index is 5.31. The molecule has 0 radical (unpaired) electrons. The molecule has 16 heavy (non-hydrogen) atoms. The van der Waals surface area contributed by atoms with Crippen LogP contribution in [-0.2, 0) is 11.2 Å². The molecule has 1 aliphatic rings. The Labute approximate surface area is 95.6 Å². The van der Waals surface area contributed by atoms with E-state index in [1.807, 2.05) is 7.05 Å². The minimum absolute atomic E-state index is 0.364. The second-order valence-corrected chi connectivity index (χ2v) is 4.33. The molecule has 1 fully saturated rings. The van der Waals surface area contributed by atoms with Crippen LogP contribution in [0.25, 0.3) is 0 Å². The Balaban J connectivity index is 1.95. The number of nitrogens with one attached hydrogen (secondary N) is 1. The second kappa shape index (κ2) is 5.41. The van der Waals surface area contributed by atoms with Gasteiger partial charge in [-0.1, -0.05) is 5.16 Å². The van der Waals surface area contributed by atoms with Gasteiger partial charge >= 0.3 is 0 Å². The molecule has 0 amide bonds. The van der Waals surface area contributed by atoms with Gasteiger partial charge in [-0.3, -0.25) is 0 Å². The van der Waals surface area contributed by atoms with E-state index in [0.717, 1.165) is 44.2 Å². The number of rotatable bonds is 4. The summed E-state index contributed by atoms with van der Waals surface area (Å²) >= 11 is 0. The number of aromatic nitrogens is 2. The predicted octanol–water partition coefficient (Wildman–Crippen LogP) is 1.11. The first-order valence-corrected chi connectivity index (χ1v) is 5.87. The van der Waals surface area contributed by atoms with Gasteiger partial charge in [0.05, 0.1) is 0 Å². The monoisotopic (exact) mass is 225 g/mol. The summed E-state index contributed by atoms with van der Waals surface area (Å²) in [6.07, 6.45) is 2.79. The van der Waals surface area contributed by atoms with Crippen LogP contribution >= 0.6 is 0 Å². The summed E-state index contributed by atoms with van der Waals surface area (Å²) in [7, 11) is 1.93. The molecule has 0 aromatic carbocycles. The molecule has 0 saturated carbocycles. The molecule has 2 heterocycles. The molecule has 0 bridgehead atoms. The Morgan fingerprint density at radius 3 is 2.88 bits per heavy atom. The summed E-state index contributed by atoms with van der Waals surface area (Å²) in [5.74, 6) is 1.99. The van der Waals surface area contributed by atoms with Gasteiger partial charge in [-0.2, -0.15) is 4.98 Å². The highest BCUT2D eigenvalue weighted by atomic mass is 16.5. The molecule has 2 rings (SSSR count). The SMILES string of the molecule is CNC(C)Cc1nc(C2CCOCC2)no1. The normalized spacial score (nSPS) is 19.9. The van der Waals surface area contributed by atoms with Gasteiger partial charge in [-0.05, 0) is 26.8 Å². The molecule has 1 aliphatic heterocycles. The highest BCUT2D eigenvalue weighted by molar-refractivity contribution is 4.97. The Kier molecular flexibility index (Phi) is 3.90. The van der Waals surface area contributed by atoms with Crippen molar-refractivity contribution in [2.45, 2.75) is 38.1 Å². The van der Waals surface area contributed by atoms with Crippen molar-refractivity contribution in [2.24, 2.45) is 0 Å². The van der Waals surface area contributed by atoms with Crippen LogP contribution in [0.3, 0.4) is 0 Å². The Morgan fingerprint density at radius 1 is 1.44 bits per heavy atom. The molecule has 0 spiro atoms.